The van der Waals surface area contributed by atoms with E-state index in [0.717, 1.165) is 49.7 Å². The molecular formula is C56H34N4S. The smallest absolute Gasteiger partial charge is 0.235 e. The molecule has 0 radical (unpaired) electrons. The fraction of sp³-hybridized carbons (Fsp3) is 0. The van der Waals surface area contributed by atoms with Crippen LogP contribution in [0.4, 0.5) is 0 Å². The van der Waals surface area contributed by atoms with Crippen LogP contribution in [0.3, 0.4) is 0 Å². The second kappa shape index (κ2) is 13.3. The van der Waals surface area contributed by atoms with Gasteiger partial charge in [0.15, 0.2) is 0 Å². The molecule has 13 rings (SSSR count). The lowest BCUT2D eigenvalue weighted by Gasteiger charge is -2.13. The van der Waals surface area contributed by atoms with Crippen molar-refractivity contribution in [1.29, 1.82) is 0 Å². The molecule has 0 saturated carbocycles. The van der Waals surface area contributed by atoms with Crippen molar-refractivity contribution in [3.63, 3.8) is 0 Å². The van der Waals surface area contributed by atoms with Crippen LogP contribution in [-0.2, 0) is 0 Å². The van der Waals surface area contributed by atoms with E-state index in [2.05, 4.69) is 215 Å². The van der Waals surface area contributed by atoms with Gasteiger partial charge in [0.2, 0.25) is 5.95 Å². The molecule has 0 saturated heterocycles. The van der Waals surface area contributed by atoms with Crippen LogP contribution in [0.2, 0.25) is 0 Å². The van der Waals surface area contributed by atoms with Gasteiger partial charge in [0.1, 0.15) is 0 Å². The quantitative estimate of drug-likeness (QED) is 0.174. The maximum Gasteiger partial charge on any atom is 0.235 e. The topological polar surface area (TPSA) is 35.6 Å². The van der Waals surface area contributed by atoms with Gasteiger partial charge in [0, 0.05) is 53.1 Å². The molecule has 4 heterocycles. The minimum atomic E-state index is 0.655. The maximum absolute atomic E-state index is 5.60. The van der Waals surface area contributed by atoms with E-state index < -0.39 is 0 Å². The largest absolute Gasteiger partial charge is 0.309 e. The van der Waals surface area contributed by atoms with E-state index in [-0.39, 0.29) is 0 Å². The predicted octanol–water partition coefficient (Wildman–Crippen LogP) is 15.2. The fourth-order valence-electron chi connectivity index (χ4n) is 9.62. The molecule has 0 aliphatic carbocycles. The summed E-state index contributed by atoms with van der Waals surface area (Å²) in [5, 5.41) is 9.43. The van der Waals surface area contributed by atoms with Crippen LogP contribution in [0, 0.1) is 0 Å². The molecule has 13 aromatic rings. The van der Waals surface area contributed by atoms with Crippen molar-refractivity contribution in [2.24, 2.45) is 0 Å². The Labute approximate surface area is 354 Å². The Morgan fingerprint density at radius 3 is 1.92 bits per heavy atom. The van der Waals surface area contributed by atoms with Crippen molar-refractivity contribution in [2.45, 2.75) is 0 Å². The first kappa shape index (κ1) is 34.0. The van der Waals surface area contributed by atoms with Gasteiger partial charge in [-0.1, -0.05) is 158 Å². The van der Waals surface area contributed by atoms with Crippen molar-refractivity contribution in [3.05, 3.63) is 206 Å². The van der Waals surface area contributed by atoms with Crippen LogP contribution in [-0.4, -0.2) is 19.1 Å². The third-order valence-electron chi connectivity index (χ3n) is 12.3. The Balaban J connectivity index is 1.09. The summed E-state index contributed by atoms with van der Waals surface area (Å²) < 4.78 is 5.89. The van der Waals surface area contributed by atoms with Crippen molar-refractivity contribution in [2.75, 3.05) is 0 Å². The van der Waals surface area contributed by atoms with Crippen molar-refractivity contribution < 1.29 is 0 Å². The summed E-state index contributed by atoms with van der Waals surface area (Å²) in [6.07, 6.45) is 0. The van der Waals surface area contributed by atoms with Crippen LogP contribution in [0.15, 0.2) is 206 Å². The molecule has 0 bridgehead atoms. The van der Waals surface area contributed by atoms with Crippen molar-refractivity contribution >= 4 is 86.7 Å². The number of hydrogen-bond acceptors (Lipinski definition) is 3. The molecule has 0 aliphatic heterocycles. The van der Waals surface area contributed by atoms with Crippen molar-refractivity contribution in [1.82, 2.24) is 19.1 Å². The van der Waals surface area contributed by atoms with Gasteiger partial charge in [-0.2, -0.15) is 0 Å². The summed E-state index contributed by atoms with van der Waals surface area (Å²) in [6.45, 7) is 0. The molecule has 4 aromatic heterocycles. The molecule has 9 aromatic carbocycles. The lowest BCUT2D eigenvalue weighted by molar-refractivity contribution is 1.02. The highest BCUT2D eigenvalue weighted by molar-refractivity contribution is 7.23. The average Bonchev–Trinajstić information content (AvgIpc) is 4.03. The molecule has 5 heteroatoms. The Kier molecular flexibility index (Phi) is 7.44. The predicted molar refractivity (Wildman–Crippen MR) is 257 cm³/mol. The first-order chi connectivity index (χ1) is 30.3. The zero-order valence-electron chi connectivity index (χ0n) is 32.8. The summed E-state index contributed by atoms with van der Waals surface area (Å²) in [5.41, 5.74) is 12.2. The van der Waals surface area contributed by atoms with Gasteiger partial charge in [-0.25, -0.2) is 9.97 Å². The Bertz CT molecular complexity index is 3860. The van der Waals surface area contributed by atoms with Gasteiger partial charge in [-0.15, -0.1) is 11.3 Å². The van der Waals surface area contributed by atoms with Gasteiger partial charge in [0.05, 0.1) is 33.3 Å². The Morgan fingerprint density at radius 1 is 0.393 bits per heavy atom. The van der Waals surface area contributed by atoms with Crippen LogP contribution in [0.1, 0.15) is 0 Å². The summed E-state index contributed by atoms with van der Waals surface area (Å²) in [6, 6.07) is 74.2. The zero-order valence-corrected chi connectivity index (χ0v) is 33.6. The first-order valence-corrected chi connectivity index (χ1v) is 21.5. The van der Waals surface area contributed by atoms with Crippen LogP contribution >= 0.6 is 11.3 Å². The lowest BCUT2D eigenvalue weighted by atomic mass is 9.97. The van der Waals surface area contributed by atoms with E-state index >= 15 is 0 Å². The molecular weight excluding hydrogens is 761 g/mol. The van der Waals surface area contributed by atoms with Gasteiger partial charge >= 0.3 is 0 Å². The van der Waals surface area contributed by atoms with E-state index in [1.807, 2.05) is 11.3 Å². The molecule has 61 heavy (non-hydrogen) atoms. The standard InChI is InChI=1S/C56H34N4S/c1-4-16-36(17-5-1)50-34-39-28-31-46-52(55(39)61-50)53(37-18-6-2-7-19-37)58-56(57-46)60-48-32-29-38(33-45(48)43-30-27-35-15-10-11-22-42(35)54(43)60)41-24-14-26-49-51(41)44-23-12-13-25-47(44)59(49)40-20-8-3-9-21-40/h1-34H. The minimum absolute atomic E-state index is 0.655. The molecule has 4 nitrogen and oxygen atoms in total. The van der Waals surface area contributed by atoms with E-state index in [1.165, 1.54) is 64.2 Å². The minimum Gasteiger partial charge on any atom is -0.309 e. The molecule has 0 spiro atoms. The van der Waals surface area contributed by atoms with E-state index in [0.29, 0.717) is 5.95 Å². The summed E-state index contributed by atoms with van der Waals surface area (Å²) in [5.74, 6) is 0.655. The van der Waals surface area contributed by atoms with Crippen LogP contribution < -0.4 is 0 Å². The second-order valence-corrected chi connectivity index (χ2v) is 16.8. The monoisotopic (exact) mass is 794 g/mol. The molecule has 0 fully saturated rings. The van der Waals surface area contributed by atoms with Gasteiger partial charge in [-0.05, 0) is 76.0 Å². The molecule has 0 N–H and O–H groups in total. The number of nitrogens with zero attached hydrogens (tertiary/aromatic N) is 4. The van der Waals surface area contributed by atoms with E-state index in [4.69, 9.17) is 9.97 Å². The third kappa shape index (κ3) is 5.18. The molecule has 284 valence electrons. The summed E-state index contributed by atoms with van der Waals surface area (Å²) >= 11 is 1.81. The van der Waals surface area contributed by atoms with E-state index in [1.54, 1.807) is 0 Å². The third-order valence-corrected chi connectivity index (χ3v) is 13.5. The maximum atomic E-state index is 5.60. The molecule has 0 amide bonds. The average molecular weight is 795 g/mol. The fourth-order valence-corrected chi connectivity index (χ4v) is 10.8. The summed E-state index contributed by atoms with van der Waals surface area (Å²) in [4.78, 5) is 12.3. The molecule has 0 unspecified atom stereocenters. The second-order valence-electron chi connectivity index (χ2n) is 15.7. The van der Waals surface area contributed by atoms with Crippen LogP contribution in [0.5, 0.6) is 0 Å². The van der Waals surface area contributed by atoms with E-state index in [9.17, 15) is 0 Å². The number of rotatable bonds is 5. The van der Waals surface area contributed by atoms with Crippen LogP contribution in [0.25, 0.3) is 120 Å². The summed E-state index contributed by atoms with van der Waals surface area (Å²) in [7, 11) is 0. The Morgan fingerprint density at radius 2 is 1.08 bits per heavy atom. The van der Waals surface area contributed by atoms with Gasteiger partial charge in [-0.3, -0.25) is 4.57 Å². The highest BCUT2D eigenvalue weighted by atomic mass is 32.1. The first-order valence-electron chi connectivity index (χ1n) is 20.7. The van der Waals surface area contributed by atoms with Gasteiger partial charge in [0.25, 0.3) is 0 Å². The number of benzene rings is 9. The molecule has 0 aliphatic rings. The number of aromatic nitrogens is 4. The lowest BCUT2D eigenvalue weighted by Crippen LogP contribution is -2.04. The molecule has 0 atom stereocenters. The zero-order chi connectivity index (χ0) is 40.0. The highest BCUT2D eigenvalue weighted by Gasteiger charge is 2.23. The number of hydrogen-bond donors (Lipinski definition) is 0. The number of fused-ring (bicyclic) bond motifs is 11. The van der Waals surface area contributed by atoms with Crippen molar-refractivity contribution in [3.8, 4) is 44.5 Å². The normalized spacial score (nSPS) is 11.9. The Hall–Kier alpha value is -7.86. The number of thiophene rings is 1. The number of para-hydroxylation sites is 2. The highest BCUT2D eigenvalue weighted by Crippen LogP contribution is 2.44. The SMILES string of the molecule is c1ccc(-c2cc3ccc4nc(-n5c6ccc(-c7cccc8c7c7ccccc7n8-c7ccccc7)cc6c6ccc7ccccc7c65)nc(-c5ccccc5)c4c3s2)cc1. The van der Waals surface area contributed by atoms with Gasteiger partial charge < -0.3 is 4.57 Å².